The molecule has 0 radical (unpaired) electrons. The van der Waals surface area contributed by atoms with Crippen LogP contribution in [0.2, 0.25) is 5.15 Å². The van der Waals surface area contributed by atoms with Gasteiger partial charge in [-0.05, 0) is 18.9 Å². The lowest BCUT2D eigenvalue weighted by Crippen LogP contribution is -2.28. The average Bonchev–Trinajstić information content (AvgIpc) is 2.36. The highest BCUT2D eigenvalue weighted by Crippen LogP contribution is 2.20. The molecule has 1 N–H and O–H groups in total. The van der Waals surface area contributed by atoms with Gasteiger partial charge in [0.2, 0.25) is 0 Å². The molecule has 1 aromatic rings. The van der Waals surface area contributed by atoms with Crippen molar-refractivity contribution in [1.29, 1.82) is 0 Å². The van der Waals surface area contributed by atoms with E-state index in [1.165, 1.54) is 12.3 Å². The molecule has 0 atom stereocenters. The Morgan fingerprint density at radius 3 is 2.94 bits per heavy atom. The summed E-state index contributed by atoms with van der Waals surface area (Å²) in [5, 5.41) is 9.76. The van der Waals surface area contributed by atoms with E-state index >= 15 is 0 Å². The van der Waals surface area contributed by atoms with Gasteiger partial charge in [0.15, 0.2) is 0 Å². The molecule has 0 saturated carbocycles. The topological polar surface area (TPSA) is 62.7 Å². The summed E-state index contributed by atoms with van der Waals surface area (Å²) in [4.78, 5) is 17.3. The van der Waals surface area contributed by atoms with Gasteiger partial charge in [-0.3, -0.25) is 4.79 Å². The van der Waals surface area contributed by atoms with Gasteiger partial charge < -0.3 is 14.7 Å². The van der Waals surface area contributed by atoms with Crippen LogP contribution >= 0.6 is 11.6 Å². The monoisotopic (exact) mass is 272 g/mol. The Morgan fingerprint density at radius 2 is 2.28 bits per heavy atom. The minimum atomic E-state index is -0.269. The average molecular weight is 273 g/mol. The number of methoxy groups -OCH3 is 1. The van der Waals surface area contributed by atoms with Crippen molar-refractivity contribution in [3.8, 4) is 5.75 Å². The van der Waals surface area contributed by atoms with Gasteiger partial charge in [-0.15, -0.1) is 0 Å². The van der Waals surface area contributed by atoms with Crippen LogP contribution in [0.15, 0.2) is 12.3 Å². The third kappa shape index (κ3) is 4.16. The number of aromatic nitrogens is 1. The summed E-state index contributed by atoms with van der Waals surface area (Å²) in [5.74, 6) is -0.428. The lowest BCUT2D eigenvalue weighted by Gasteiger charge is -2.17. The van der Waals surface area contributed by atoms with Crippen molar-refractivity contribution in [2.24, 2.45) is 0 Å². The molecule has 100 valence electrons. The molecule has 0 bridgehead atoms. The molecule has 1 aromatic heterocycles. The molecule has 0 fully saturated rings. The molecular formula is C12H17ClN2O3. The molecule has 0 unspecified atom stereocenters. The summed E-state index contributed by atoms with van der Waals surface area (Å²) in [6.07, 6.45) is 2.90. The van der Waals surface area contributed by atoms with Crippen molar-refractivity contribution in [1.82, 2.24) is 9.88 Å². The molecule has 1 rings (SSSR count). The SMILES string of the molecule is COCCCCN(C)C(=O)c1cc(Cl)ncc1O. The predicted molar refractivity (Wildman–Crippen MR) is 69.0 cm³/mol. The molecule has 6 heteroatoms. The summed E-state index contributed by atoms with van der Waals surface area (Å²) in [5.41, 5.74) is 0.171. The summed E-state index contributed by atoms with van der Waals surface area (Å²) in [7, 11) is 3.33. The van der Waals surface area contributed by atoms with E-state index in [0.717, 1.165) is 12.8 Å². The number of nitrogens with zero attached hydrogens (tertiary/aromatic N) is 2. The van der Waals surface area contributed by atoms with Crippen molar-refractivity contribution < 1.29 is 14.6 Å². The molecule has 1 amide bonds. The van der Waals surface area contributed by atoms with Gasteiger partial charge in [0.25, 0.3) is 5.91 Å². The lowest BCUT2D eigenvalue weighted by molar-refractivity contribution is 0.0785. The van der Waals surface area contributed by atoms with Gasteiger partial charge in [0, 0.05) is 27.3 Å². The van der Waals surface area contributed by atoms with Crippen LogP contribution in [-0.4, -0.2) is 48.2 Å². The zero-order chi connectivity index (χ0) is 13.5. The largest absolute Gasteiger partial charge is 0.505 e. The summed E-state index contributed by atoms with van der Waals surface area (Å²) < 4.78 is 4.93. The molecule has 0 saturated heterocycles. The van der Waals surface area contributed by atoms with Crippen LogP contribution in [0.1, 0.15) is 23.2 Å². The number of hydrogen-bond donors (Lipinski definition) is 1. The van der Waals surface area contributed by atoms with Gasteiger partial charge in [-0.2, -0.15) is 0 Å². The van der Waals surface area contributed by atoms with E-state index in [1.54, 1.807) is 19.1 Å². The second-order valence-electron chi connectivity index (χ2n) is 3.95. The van der Waals surface area contributed by atoms with Gasteiger partial charge in [-0.1, -0.05) is 11.6 Å². The van der Waals surface area contributed by atoms with Crippen LogP contribution in [0.3, 0.4) is 0 Å². The van der Waals surface area contributed by atoms with Crippen LogP contribution in [0.5, 0.6) is 5.75 Å². The molecule has 18 heavy (non-hydrogen) atoms. The second-order valence-corrected chi connectivity index (χ2v) is 4.34. The van der Waals surface area contributed by atoms with E-state index in [-0.39, 0.29) is 22.4 Å². The van der Waals surface area contributed by atoms with Crippen LogP contribution in [0.25, 0.3) is 0 Å². The standard InChI is InChI=1S/C12H17ClN2O3/c1-15(5-3-4-6-18-2)12(17)9-7-11(13)14-8-10(9)16/h7-8,16H,3-6H2,1-2H3. The number of unbranched alkanes of at least 4 members (excludes halogenated alkanes) is 1. The first-order valence-electron chi connectivity index (χ1n) is 5.65. The Kier molecular flexibility index (Phi) is 5.88. The van der Waals surface area contributed by atoms with Crippen molar-refractivity contribution in [2.45, 2.75) is 12.8 Å². The smallest absolute Gasteiger partial charge is 0.257 e. The molecule has 0 spiro atoms. The van der Waals surface area contributed by atoms with Gasteiger partial charge in [-0.25, -0.2) is 4.98 Å². The van der Waals surface area contributed by atoms with E-state index in [2.05, 4.69) is 4.98 Å². The number of ether oxygens (including phenoxy) is 1. The molecule has 0 aromatic carbocycles. The number of carbonyl (C=O) groups is 1. The van der Waals surface area contributed by atoms with Gasteiger partial charge in [0.1, 0.15) is 10.9 Å². The number of amides is 1. The Hall–Kier alpha value is -1.33. The maximum Gasteiger partial charge on any atom is 0.257 e. The van der Waals surface area contributed by atoms with Crippen LogP contribution in [0, 0.1) is 0 Å². The maximum absolute atomic E-state index is 12.0. The number of hydrogen-bond acceptors (Lipinski definition) is 4. The second kappa shape index (κ2) is 7.18. The van der Waals surface area contributed by atoms with Gasteiger partial charge >= 0.3 is 0 Å². The first kappa shape index (κ1) is 14.7. The number of aromatic hydroxyl groups is 1. The van der Waals surface area contributed by atoms with E-state index in [9.17, 15) is 9.90 Å². The highest BCUT2D eigenvalue weighted by molar-refractivity contribution is 6.29. The van der Waals surface area contributed by atoms with Crippen molar-refractivity contribution in [3.63, 3.8) is 0 Å². The fourth-order valence-electron chi connectivity index (χ4n) is 1.50. The molecule has 0 aliphatic heterocycles. The summed E-state index contributed by atoms with van der Waals surface area (Å²) in [6.45, 7) is 1.27. The van der Waals surface area contributed by atoms with Crippen molar-refractivity contribution in [2.75, 3.05) is 27.3 Å². The van der Waals surface area contributed by atoms with E-state index in [0.29, 0.717) is 13.2 Å². The Morgan fingerprint density at radius 1 is 1.56 bits per heavy atom. The molecule has 1 heterocycles. The van der Waals surface area contributed by atoms with E-state index in [4.69, 9.17) is 16.3 Å². The van der Waals surface area contributed by atoms with E-state index in [1.807, 2.05) is 0 Å². The first-order valence-corrected chi connectivity index (χ1v) is 6.03. The van der Waals surface area contributed by atoms with Crippen LogP contribution in [0.4, 0.5) is 0 Å². The normalized spacial score (nSPS) is 10.4. The zero-order valence-electron chi connectivity index (χ0n) is 10.5. The molecule has 5 nitrogen and oxygen atoms in total. The van der Waals surface area contributed by atoms with E-state index < -0.39 is 0 Å². The van der Waals surface area contributed by atoms with Gasteiger partial charge in [0.05, 0.1) is 11.8 Å². The van der Waals surface area contributed by atoms with Crippen LogP contribution < -0.4 is 0 Å². The summed E-state index contributed by atoms with van der Waals surface area (Å²) in [6, 6.07) is 1.37. The highest BCUT2D eigenvalue weighted by Gasteiger charge is 2.16. The predicted octanol–water partition coefficient (Wildman–Crippen LogP) is 1.94. The fraction of sp³-hybridized carbons (Fsp3) is 0.500. The molecular weight excluding hydrogens is 256 g/mol. The third-order valence-corrected chi connectivity index (χ3v) is 2.73. The Balaban J connectivity index is 2.60. The van der Waals surface area contributed by atoms with Crippen molar-refractivity contribution in [3.05, 3.63) is 23.0 Å². The zero-order valence-corrected chi connectivity index (χ0v) is 11.3. The van der Waals surface area contributed by atoms with Crippen molar-refractivity contribution >= 4 is 17.5 Å². The van der Waals surface area contributed by atoms with Crippen LogP contribution in [-0.2, 0) is 4.74 Å². The summed E-state index contributed by atoms with van der Waals surface area (Å²) >= 11 is 5.70. The number of halogens is 1. The number of pyridine rings is 1. The molecule has 0 aliphatic rings. The molecule has 0 aliphatic carbocycles. The number of rotatable bonds is 6. The third-order valence-electron chi connectivity index (χ3n) is 2.52. The number of carbonyl (C=O) groups excluding carboxylic acids is 1. The highest BCUT2D eigenvalue weighted by atomic mass is 35.5. The maximum atomic E-state index is 12.0. The fourth-order valence-corrected chi connectivity index (χ4v) is 1.65. The minimum Gasteiger partial charge on any atom is -0.505 e. The first-order chi connectivity index (χ1) is 8.56. The Labute approximate surface area is 111 Å². The quantitative estimate of drug-likeness (QED) is 0.635. The minimum absolute atomic E-state index is 0.159. The lowest BCUT2D eigenvalue weighted by atomic mass is 10.2. The Bertz CT molecular complexity index is 412.